The number of rotatable bonds is 1. The zero-order valence-corrected chi connectivity index (χ0v) is 8.72. The molecular weight excluding hydrogens is 232 g/mol. The largest absolute Gasteiger partial charge is 0.352 e. The van der Waals surface area contributed by atoms with Gasteiger partial charge in [0, 0.05) is 13.1 Å². The summed E-state index contributed by atoms with van der Waals surface area (Å²) >= 11 is 0. The van der Waals surface area contributed by atoms with Gasteiger partial charge in [0.15, 0.2) is 0 Å². The van der Waals surface area contributed by atoms with Crippen molar-refractivity contribution in [3.8, 4) is 5.69 Å². The highest BCUT2D eigenvalue weighted by atomic mass is 19.1. The Kier molecular flexibility index (Phi) is 2.58. The minimum Gasteiger partial charge on any atom is -0.267 e. The highest BCUT2D eigenvalue weighted by molar-refractivity contribution is 5.32. The first-order chi connectivity index (χ1) is 8.00. The molecule has 0 unspecified atom stereocenters. The van der Waals surface area contributed by atoms with Gasteiger partial charge in [-0.15, -0.1) is 0 Å². The molecule has 2 aromatic rings. The van der Waals surface area contributed by atoms with Gasteiger partial charge in [0.2, 0.25) is 0 Å². The van der Waals surface area contributed by atoms with E-state index in [4.69, 9.17) is 0 Å². The van der Waals surface area contributed by atoms with Crippen molar-refractivity contribution in [2.45, 2.75) is 0 Å². The highest BCUT2D eigenvalue weighted by Crippen LogP contribution is 2.11. The molecule has 0 aliphatic carbocycles. The molecule has 0 spiro atoms. The zero-order valence-electron chi connectivity index (χ0n) is 8.72. The van der Waals surface area contributed by atoms with Crippen molar-refractivity contribution in [2.75, 3.05) is 0 Å². The maximum Gasteiger partial charge on any atom is 0.352 e. The Labute approximate surface area is 93.6 Å². The van der Waals surface area contributed by atoms with Gasteiger partial charge in [-0.1, -0.05) is 0 Å². The van der Waals surface area contributed by atoms with E-state index in [0.29, 0.717) is 4.68 Å². The SMILES string of the molecule is Cn1c(=O)cnn(-c2cc(F)ccc2F)c1=O. The number of hydrogen-bond acceptors (Lipinski definition) is 3. The van der Waals surface area contributed by atoms with E-state index in [2.05, 4.69) is 5.10 Å². The molecule has 17 heavy (non-hydrogen) atoms. The van der Waals surface area contributed by atoms with Crippen molar-refractivity contribution in [1.29, 1.82) is 0 Å². The Morgan fingerprint density at radius 3 is 2.65 bits per heavy atom. The molecule has 1 aromatic carbocycles. The first-order valence-corrected chi connectivity index (χ1v) is 4.61. The summed E-state index contributed by atoms with van der Waals surface area (Å²) in [5.41, 5.74) is -1.81. The molecule has 0 N–H and O–H groups in total. The van der Waals surface area contributed by atoms with Gasteiger partial charge in [-0.2, -0.15) is 9.78 Å². The lowest BCUT2D eigenvalue weighted by molar-refractivity contribution is 0.568. The zero-order chi connectivity index (χ0) is 12.6. The Hall–Kier alpha value is -2.31. The summed E-state index contributed by atoms with van der Waals surface area (Å²) in [5.74, 6) is -1.51. The van der Waals surface area contributed by atoms with Crippen molar-refractivity contribution in [2.24, 2.45) is 7.05 Å². The van der Waals surface area contributed by atoms with E-state index in [1.807, 2.05) is 0 Å². The summed E-state index contributed by atoms with van der Waals surface area (Å²) < 4.78 is 27.8. The van der Waals surface area contributed by atoms with Crippen LogP contribution < -0.4 is 11.2 Å². The predicted octanol–water partition coefficient (Wildman–Crippen LogP) is 0.209. The average molecular weight is 239 g/mol. The molecule has 0 saturated carbocycles. The van der Waals surface area contributed by atoms with Crippen LogP contribution >= 0.6 is 0 Å². The monoisotopic (exact) mass is 239 g/mol. The van der Waals surface area contributed by atoms with E-state index >= 15 is 0 Å². The van der Waals surface area contributed by atoms with Gasteiger partial charge in [0.05, 0.1) is 0 Å². The summed E-state index contributed by atoms with van der Waals surface area (Å²) in [6, 6.07) is 2.63. The minimum absolute atomic E-state index is 0.342. The van der Waals surface area contributed by atoms with Gasteiger partial charge in [-0.05, 0) is 12.1 Å². The van der Waals surface area contributed by atoms with E-state index in [0.717, 1.165) is 29.0 Å². The second kappa shape index (κ2) is 3.93. The molecule has 0 bridgehead atoms. The molecule has 5 nitrogen and oxygen atoms in total. The van der Waals surface area contributed by atoms with Crippen molar-refractivity contribution in [1.82, 2.24) is 14.3 Å². The van der Waals surface area contributed by atoms with Gasteiger partial charge in [-0.25, -0.2) is 13.6 Å². The maximum atomic E-state index is 13.4. The third-order valence-electron chi connectivity index (χ3n) is 2.22. The highest BCUT2D eigenvalue weighted by Gasteiger charge is 2.10. The molecular formula is C10H7F2N3O2. The van der Waals surface area contributed by atoms with Crippen LogP contribution in [0.25, 0.3) is 5.69 Å². The van der Waals surface area contributed by atoms with Crippen LogP contribution in [0.2, 0.25) is 0 Å². The number of nitrogens with zero attached hydrogens (tertiary/aromatic N) is 3. The summed E-state index contributed by atoms with van der Waals surface area (Å²) in [6.45, 7) is 0. The predicted molar refractivity (Wildman–Crippen MR) is 55.0 cm³/mol. The van der Waals surface area contributed by atoms with Gasteiger partial charge in [0.1, 0.15) is 23.5 Å². The molecule has 1 heterocycles. The summed E-state index contributed by atoms with van der Waals surface area (Å²) in [6.07, 6.45) is 0.853. The van der Waals surface area contributed by atoms with E-state index in [1.54, 1.807) is 0 Å². The molecule has 7 heteroatoms. The van der Waals surface area contributed by atoms with Crippen molar-refractivity contribution >= 4 is 0 Å². The van der Waals surface area contributed by atoms with Gasteiger partial charge < -0.3 is 0 Å². The Morgan fingerprint density at radius 2 is 1.94 bits per heavy atom. The standard InChI is InChI=1S/C10H7F2N3O2/c1-14-9(16)5-13-15(10(14)17)8-4-6(11)2-3-7(8)12/h2-5H,1H3. The van der Waals surface area contributed by atoms with Crippen LogP contribution in [-0.2, 0) is 7.05 Å². The van der Waals surface area contributed by atoms with E-state index in [-0.39, 0.29) is 5.69 Å². The molecule has 0 aliphatic heterocycles. The average Bonchev–Trinajstić information content (AvgIpc) is 2.30. The van der Waals surface area contributed by atoms with Crippen LogP contribution in [-0.4, -0.2) is 14.3 Å². The second-order valence-electron chi connectivity index (χ2n) is 3.33. The first kappa shape index (κ1) is 11.2. The molecule has 0 radical (unpaired) electrons. The van der Waals surface area contributed by atoms with Crippen molar-refractivity contribution in [3.05, 3.63) is 56.9 Å². The number of halogens is 2. The van der Waals surface area contributed by atoms with Crippen LogP contribution in [0, 0.1) is 11.6 Å². The Balaban J connectivity index is 2.78. The second-order valence-corrected chi connectivity index (χ2v) is 3.33. The van der Waals surface area contributed by atoms with E-state index < -0.39 is 22.9 Å². The normalized spacial score (nSPS) is 10.5. The lowest BCUT2D eigenvalue weighted by atomic mass is 10.3. The fourth-order valence-corrected chi connectivity index (χ4v) is 1.29. The Morgan fingerprint density at radius 1 is 1.24 bits per heavy atom. The van der Waals surface area contributed by atoms with E-state index in [9.17, 15) is 18.4 Å². The third kappa shape index (κ3) is 1.86. The van der Waals surface area contributed by atoms with Crippen LogP contribution in [0.1, 0.15) is 0 Å². The molecule has 2 rings (SSSR count). The van der Waals surface area contributed by atoms with Gasteiger partial charge in [0.25, 0.3) is 5.56 Å². The van der Waals surface area contributed by atoms with Crippen molar-refractivity contribution < 1.29 is 8.78 Å². The number of hydrogen-bond donors (Lipinski definition) is 0. The lowest BCUT2D eigenvalue weighted by Gasteiger charge is -2.06. The summed E-state index contributed by atoms with van der Waals surface area (Å²) in [4.78, 5) is 22.7. The quantitative estimate of drug-likeness (QED) is 0.714. The topological polar surface area (TPSA) is 56.9 Å². The smallest absolute Gasteiger partial charge is 0.267 e. The van der Waals surface area contributed by atoms with Crippen molar-refractivity contribution in [3.63, 3.8) is 0 Å². The van der Waals surface area contributed by atoms with Crippen LogP contribution in [0.4, 0.5) is 8.78 Å². The van der Waals surface area contributed by atoms with Crippen LogP contribution in [0.5, 0.6) is 0 Å². The molecule has 0 aliphatic rings. The van der Waals surface area contributed by atoms with Gasteiger partial charge in [-0.3, -0.25) is 9.36 Å². The fourth-order valence-electron chi connectivity index (χ4n) is 1.29. The summed E-state index contributed by atoms with van der Waals surface area (Å²) in [5, 5.41) is 3.48. The molecule has 0 fully saturated rings. The lowest BCUT2D eigenvalue weighted by Crippen LogP contribution is -2.38. The fraction of sp³-hybridized carbons (Fsp3) is 0.100. The number of benzene rings is 1. The van der Waals surface area contributed by atoms with Crippen LogP contribution in [0.3, 0.4) is 0 Å². The first-order valence-electron chi connectivity index (χ1n) is 4.61. The molecule has 0 saturated heterocycles. The summed E-state index contributed by atoms with van der Waals surface area (Å²) in [7, 11) is 1.22. The molecule has 0 atom stereocenters. The Bertz CT molecular complexity index is 691. The van der Waals surface area contributed by atoms with Gasteiger partial charge >= 0.3 is 5.69 Å². The molecule has 1 aromatic heterocycles. The molecule has 0 amide bonds. The van der Waals surface area contributed by atoms with Crippen LogP contribution in [0.15, 0.2) is 34.0 Å². The maximum absolute atomic E-state index is 13.4. The number of aromatic nitrogens is 3. The van der Waals surface area contributed by atoms with E-state index in [1.165, 1.54) is 7.05 Å². The minimum atomic E-state index is -0.845. The molecule has 88 valence electrons. The third-order valence-corrected chi connectivity index (χ3v) is 2.22.